The Labute approximate surface area is 135 Å². The van der Waals surface area contributed by atoms with Crippen molar-refractivity contribution in [2.24, 2.45) is 0 Å². The van der Waals surface area contributed by atoms with E-state index in [4.69, 9.17) is 4.74 Å². The minimum absolute atomic E-state index is 0.267. The number of amides is 2. The van der Waals surface area contributed by atoms with Crippen LogP contribution in [0.5, 0.6) is 5.75 Å². The van der Waals surface area contributed by atoms with Gasteiger partial charge in [0.1, 0.15) is 18.2 Å². The van der Waals surface area contributed by atoms with Gasteiger partial charge in [0.05, 0.1) is 6.54 Å². The van der Waals surface area contributed by atoms with Crippen LogP contribution in [-0.4, -0.2) is 19.2 Å². The van der Waals surface area contributed by atoms with Crippen LogP contribution in [0.25, 0.3) is 0 Å². The average Bonchev–Trinajstić information content (AvgIpc) is 2.47. The lowest BCUT2D eigenvalue weighted by atomic mass is 10.1. The number of carbonyl (C=O) groups is 1. The van der Waals surface area contributed by atoms with Crippen LogP contribution in [0.3, 0.4) is 0 Å². The number of anilines is 1. The fourth-order valence-electron chi connectivity index (χ4n) is 2.43. The zero-order chi connectivity index (χ0) is 16.8. The van der Waals surface area contributed by atoms with Gasteiger partial charge in [-0.05, 0) is 44.0 Å². The molecule has 5 heteroatoms. The Morgan fingerprint density at radius 3 is 2.48 bits per heavy atom. The number of halogens is 1. The molecule has 0 bridgehead atoms. The second-order valence-corrected chi connectivity index (χ2v) is 5.46. The highest BCUT2D eigenvalue weighted by Gasteiger charge is 2.07. The summed E-state index contributed by atoms with van der Waals surface area (Å²) in [4.78, 5) is 11.9. The summed E-state index contributed by atoms with van der Waals surface area (Å²) >= 11 is 0. The highest BCUT2D eigenvalue weighted by Crippen LogP contribution is 2.21. The molecule has 0 atom stereocenters. The van der Waals surface area contributed by atoms with Gasteiger partial charge in [0.2, 0.25) is 0 Å². The van der Waals surface area contributed by atoms with Crippen molar-refractivity contribution < 1.29 is 13.9 Å². The average molecular weight is 316 g/mol. The molecule has 2 aromatic rings. The molecule has 2 rings (SSSR count). The van der Waals surface area contributed by atoms with Crippen LogP contribution in [0.15, 0.2) is 36.4 Å². The van der Waals surface area contributed by atoms with Gasteiger partial charge in [0, 0.05) is 11.8 Å². The number of hydrogen-bond donors (Lipinski definition) is 2. The van der Waals surface area contributed by atoms with Gasteiger partial charge in [-0.15, -0.1) is 0 Å². The molecule has 122 valence electrons. The lowest BCUT2D eigenvalue weighted by Crippen LogP contribution is -2.32. The van der Waals surface area contributed by atoms with E-state index in [0.717, 1.165) is 22.4 Å². The molecule has 0 radical (unpaired) electrons. The van der Waals surface area contributed by atoms with Crippen molar-refractivity contribution in [1.29, 1.82) is 0 Å². The van der Waals surface area contributed by atoms with E-state index in [9.17, 15) is 9.18 Å². The molecule has 0 heterocycles. The molecule has 0 spiro atoms. The van der Waals surface area contributed by atoms with Crippen molar-refractivity contribution in [1.82, 2.24) is 5.32 Å². The Hall–Kier alpha value is -2.56. The number of hydrogen-bond acceptors (Lipinski definition) is 2. The smallest absolute Gasteiger partial charge is 0.319 e. The van der Waals surface area contributed by atoms with E-state index in [1.54, 1.807) is 12.1 Å². The SMILES string of the molecule is Cc1cc(C)c(NC(=O)NCCOc2cccc(F)c2)c(C)c1. The predicted molar refractivity (Wildman–Crippen MR) is 89.6 cm³/mol. The quantitative estimate of drug-likeness (QED) is 0.821. The highest BCUT2D eigenvalue weighted by molar-refractivity contribution is 5.91. The van der Waals surface area contributed by atoms with E-state index < -0.39 is 0 Å². The van der Waals surface area contributed by atoms with Gasteiger partial charge >= 0.3 is 6.03 Å². The summed E-state index contributed by atoms with van der Waals surface area (Å²) in [7, 11) is 0. The van der Waals surface area contributed by atoms with Crippen molar-refractivity contribution in [2.45, 2.75) is 20.8 Å². The molecule has 0 saturated heterocycles. The summed E-state index contributed by atoms with van der Waals surface area (Å²) in [5, 5.41) is 5.56. The zero-order valence-corrected chi connectivity index (χ0v) is 13.6. The van der Waals surface area contributed by atoms with E-state index in [0.29, 0.717) is 12.3 Å². The van der Waals surface area contributed by atoms with E-state index in [2.05, 4.69) is 10.6 Å². The Balaban J connectivity index is 1.80. The van der Waals surface area contributed by atoms with Gasteiger partial charge in [-0.2, -0.15) is 0 Å². The maximum atomic E-state index is 13.0. The first-order valence-electron chi connectivity index (χ1n) is 7.47. The maximum Gasteiger partial charge on any atom is 0.319 e. The lowest BCUT2D eigenvalue weighted by Gasteiger charge is -2.14. The van der Waals surface area contributed by atoms with Crippen LogP contribution >= 0.6 is 0 Å². The number of carbonyl (C=O) groups excluding carboxylic acids is 1. The van der Waals surface area contributed by atoms with Gasteiger partial charge in [-0.25, -0.2) is 9.18 Å². The third-order valence-corrected chi connectivity index (χ3v) is 3.37. The van der Waals surface area contributed by atoms with Crippen LogP contribution in [-0.2, 0) is 0 Å². The Morgan fingerprint density at radius 2 is 1.83 bits per heavy atom. The minimum atomic E-state index is -0.349. The molecular weight excluding hydrogens is 295 g/mol. The number of benzene rings is 2. The fraction of sp³-hybridized carbons (Fsp3) is 0.278. The van der Waals surface area contributed by atoms with Crippen molar-refractivity contribution in [2.75, 3.05) is 18.5 Å². The normalized spacial score (nSPS) is 10.3. The molecule has 23 heavy (non-hydrogen) atoms. The highest BCUT2D eigenvalue weighted by atomic mass is 19.1. The molecule has 0 unspecified atom stereocenters. The number of rotatable bonds is 5. The van der Waals surface area contributed by atoms with Crippen molar-refractivity contribution >= 4 is 11.7 Å². The zero-order valence-electron chi connectivity index (χ0n) is 13.6. The maximum absolute atomic E-state index is 13.0. The van der Waals surface area contributed by atoms with E-state index in [1.807, 2.05) is 32.9 Å². The Bertz CT molecular complexity index is 678. The summed E-state index contributed by atoms with van der Waals surface area (Å²) in [6.07, 6.45) is 0. The summed E-state index contributed by atoms with van der Waals surface area (Å²) < 4.78 is 18.4. The predicted octanol–water partition coefficient (Wildman–Crippen LogP) is 3.95. The molecule has 0 aliphatic rings. The second kappa shape index (κ2) is 7.63. The van der Waals surface area contributed by atoms with Gasteiger partial charge in [0.15, 0.2) is 0 Å². The largest absolute Gasteiger partial charge is 0.492 e. The number of aryl methyl sites for hydroxylation is 3. The monoisotopic (exact) mass is 316 g/mol. The first-order valence-corrected chi connectivity index (χ1v) is 7.47. The van der Waals surface area contributed by atoms with Crippen molar-refractivity contribution in [3.8, 4) is 5.75 Å². The third kappa shape index (κ3) is 4.98. The van der Waals surface area contributed by atoms with Crippen LogP contribution in [0.4, 0.5) is 14.9 Å². The molecule has 0 fully saturated rings. The molecule has 4 nitrogen and oxygen atoms in total. The number of nitrogens with one attached hydrogen (secondary N) is 2. The standard InChI is InChI=1S/C18H21FN2O2/c1-12-9-13(2)17(14(3)10-12)21-18(22)20-7-8-23-16-6-4-5-15(19)11-16/h4-6,9-11H,7-8H2,1-3H3,(H2,20,21,22). The topological polar surface area (TPSA) is 50.4 Å². The Morgan fingerprint density at radius 1 is 1.13 bits per heavy atom. The van der Waals surface area contributed by atoms with Crippen LogP contribution in [0.2, 0.25) is 0 Å². The van der Waals surface area contributed by atoms with E-state index in [-0.39, 0.29) is 18.5 Å². The van der Waals surface area contributed by atoms with Crippen molar-refractivity contribution in [3.63, 3.8) is 0 Å². The first-order chi connectivity index (χ1) is 11.0. The van der Waals surface area contributed by atoms with Crippen LogP contribution < -0.4 is 15.4 Å². The second-order valence-electron chi connectivity index (χ2n) is 5.46. The Kier molecular flexibility index (Phi) is 5.57. The number of ether oxygens (including phenoxy) is 1. The molecule has 0 aromatic heterocycles. The van der Waals surface area contributed by atoms with Gasteiger partial charge in [0.25, 0.3) is 0 Å². The molecule has 0 aliphatic carbocycles. The fourth-order valence-corrected chi connectivity index (χ4v) is 2.43. The molecular formula is C18H21FN2O2. The van der Waals surface area contributed by atoms with Gasteiger partial charge in [-0.1, -0.05) is 23.8 Å². The summed E-state index contributed by atoms with van der Waals surface area (Å²) in [5.41, 5.74) is 4.02. The van der Waals surface area contributed by atoms with E-state index in [1.165, 1.54) is 12.1 Å². The summed E-state index contributed by atoms with van der Waals surface area (Å²) in [6, 6.07) is 9.66. The summed E-state index contributed by atoms with van der Waals surface area (Å²) in [6.45, 7) is 6.54. The van der Waals surface area contributed by atoms with Gasteiger partial charge in [-0.3, -0.25) is 0 Å². The molecule has 2 amide bonds. The van der Waals surface area contributed by atoms with Gasteiger partial charge < -0.3 is 15.4 Å². The molecule has 2 aromatic carbocycles. The van der Waals surface area contributed by atoms with Crippen LogP contribution in [0, 0.1) is 26.6 Å². The molecule has 0 aliphatic heterocycles. The van der Waals surface area contributed by atoms with Crippen LogP contribution in [0.1, 0.15) is 16.7 Å². The molecule has 2 N–H and O–H groups in total. The lowest BCUT2D eigenvalue weighted by molar-refractivity contribution is 0.247. The van der Waals surface area contributed by atoms with Crippen molar-refractivity contribution in [3.05, 3.63) is 58.9 Å². The summed E-state index contributed by atoms with van der Waals surface area (Å²) in [5.74, 6) is 0.0935. The van der Waals surface area contributed by atoms with E-state index >= 15 is 0 Å². The number of urea groups is 1. The minimum Gasteiger partial charge on any atom is -0.492 e. The first kappa shape index (κ1) is 16.8. The third-order valence-electron chi connectivity index (χ3n) is 3.37. The molecule has 0 saturated carbocycles.